The molecule has 0 aliphatic carbocycles. The van der Waals surface area contributed by atoms with Crippen LogP contribution in [0.25, 0.3) is 11.1 Å². The summed E-state index contributed by atoms with van der Waals surface area (Å²) in [6.07, 6.45) is 1.98. The van der Waals surface area contributed by atoms with Crippen molar-refractivity contribution in [2.75, 3.05) is 0 Å². The van der Waals surface area contributed by atoms with E-state index in [1.807, 2.05) is 6.20 Å². The maximum Gasteiger partial charge on any atom is 0.0429 e. The largest absolute Gasteiger partial charge is 0.260 e. The van der Waals surface area contributed by atoms with Gasteiger partial charge in [0.05, 0.1) is 0 Å². The summed E-state index contributed by atoms with van der Waals surface area (Å²) in [4.78, 5) is 4.52. The zero-order valence-corrected chi connectivity index (χ0v) is 11.0. The number of pyridine rings is 1. The molecule has 0 N–H and O–H groups in total. The molecule has 0 amide bonds. The van der Waals surface area contributed by atoms with Gasteiger partial charge < -0.3 is 0 Å². The maximum atomic E-state index is 4.52. The number of aryl methyl sites for hydroxylation is 2. The minimum Gasteiger partial charge on any atom is -0.260 e. The van der Waals surface area contributed by atoms with Gasteiger partial charge in [0.25, 0.3) is 0 Å². The third-order valence-corrected chi connectivity index (χ3v) is 3.07. The number of benzene rings is 1. The third kappa shape index (κ3) is 2.55. The Hall–Kier alpha value is -1.63. The van der Waals surface area contributed by atoms with Gasteiger partial charge >= 0.3 is 0 Å². The molecule has 0 saturated carbocycles. The van der Waals surface area contributed by atoms with E-state index in [1.54, 1.807) is 0 Å². The topological polar surface area (TPSA) is 12.9 Å². The van der Waals surface area contributed by atoms with Crippen molar-refractivity contribution >= 4 is 0 Å². The summed E-state index contributed by atoms with van der Waals surface area (Å²) in [5, 5.41) is 0. The fraction of sp³-hybridized carbons (Fsp3) is 0.312. The Morgan fingerprint density at radius 3 is 2.29 bits per heavy atom. The van der Waals surface area contributed by atoms with Gasteiger partial charge in [-0.25, -0.2) is 0 Å². The van der Waals surface area contributed by atoms with E-state index < -0.39 is 0 Å². The number of nitrogens with zero attached hydrogens (tertiary/aromatic N) is 1. The normalized spacial score (nSPS) is 10.9. The lowest BCUT2D eigenvalue weighted by atomic mass is 9.99. The number of hydrogen-bond acceptors (Lipinski definition) is 1. The summed E-state index contributed by atoms with van der Waals surface area (Å²) in [6, 6.07) is 10.8. The van der Waals surface area contributed by atoms with Crippen molar-refractivity contribution in [1.82, 2.24) is 4.98 Å². The first-order chi connectivity index (χ1) is 8.08. The van der Waals surface area contributed by atoms with E-state index in [0.29, 0.717) is 5.92 Å². The smallest absolute Gasteiger partial charge is 0.0429 e. The van der Waals surface area contributed by atoms with E-state index in [4.69, 9.17) is 0 Å². The first kappa shape index (κ1) is 11.8. The highest BCUT2D eigenvalue weighted by molar-refractivity contribution is 5.66. The second-order valence-corrected chi connectivity index (χ2v) is 4.94. The van der Waals surface area contributed by atoms with E-state index in [9.17, 15) is 0 Å². The molecule has 1 aromatic heterocycles. The van der Waals surface area contributed by atoms with Crippen molar-refractivity contribution in [3.8, 4) is 11.1 Å². The van der Waals surface area contributed by atoms with E-state index in [0.717, 1.165) is 5.69 Å². The fourth-order valence-corrected chi connectivity index (χ4v) is 2.04. The minimum atomic E-state index is 0.489. The Morgan fingerprint density at radius 2 is 1.76 bits per heavy atom. The van der Waals surface area contributed by atoms with Crippen LogP contribution in [0.2, 0.25) is 0 Å². The molecule has 0 bridgehead atoms. The fourth-order valence-electron chi connectivity index (χ4n) is 2.04. The standard InChI is InChI=1S/C16H19N/c1-11(2)16-8-6-14(10-17-16)15-7-5-12(3)9-13(15)4/h5-11H,1-4H3. The maximum absolute atomic E-state index is 4.52. The average molecular weight is 225 g/mol. The van der Waals surface area contributed by atoms with Crippen molar-refractivity contribution in [1.29, 1.82) is 0 Å². The quantitative estimate of drug-likeness (QED) is 0.734. The van der Waals surface area contributed by atoms with Crippen molar-refractivity contribution in [2.24, 2.45) is 0 Å². The van der Waals surface area contributed by atoms with Crippen LogP contribution in [0, 0.1) is 13.8 Å². The SMILES string of the molecule is Cc1ccc(-c2ccc(C(C)C)nc2)c(C)c1. The summed E-state index contributed by atoms with van der Waals surface area (Å²) in [6.45, 7) is 8.61. The highest BCUT2D eigenvalue weighted by atomic mass is 14.7. The van der Waals surface area contributed by atoms with Crippen molar-refractivity contribution < 1.29 is 0 Å². The second kappa shape index (κ2) is 4.70. The summed E-state index contributed by atoms with van der Waals surface area (Å²) in [7, 11) is 0. The van der Waals surface area contributed by atoms with Gasteiger partial charge in [0.15, 0.2) is 0 Å². The molecule has 2 rings (SSSR count). The van der Waals surface area contributed by atoms with E-state index in [1.165, 1.54) is 22.3 Å². The van der Waals surface area contributed by atoms with Gasteiger partial charge in [-0.1, -0.05) is 43.7 Å². The molecule has 2 aromatic rings. The molecular formula is C16H19N. The van der Waals surface area contributed by atoms with Gasteiger partial charge in [-0.15, -0.1) is 0 Å². The van der Waals surface area contributed by atoms with Gasteiger partial charge in [0, 0.05) is 17.5 Å². The van der Waals surface area contributed by atoms with Crippen LogP contribution in [0.1, 0.15) is 36.6 Å². The van der Waals surface area contributed by atoms with Crippen LogP contribution in [0.5, 0.6) is 0 Å². The van der Waals surface area contributed by atoms with Crippen molar-refractivity contribution in [3.63, 3.8) is 0 Å². The van der Waals surface area contributed by atoms with Crippen molar-refractivity contribution in [2.45, 2.75) is 33.6 Å². The lowest BCUT2D eigenvalue weighted by Gasteiger charge is -2.09. The van der Waals surface area contributed by atoms with Gasteiger partial charge in [0.1, 0.15) is 0 Å². The predicted octanol–water partition coefficient (Wildman–Crippen LogP) is 4.49. The van der Waals surface area contributed by atoms with Crippen LogP contribution in [0.3, 0.4) is 0 Å². The lowest BCUT2D eigenvalue weighted by molar-refractivity contribution is 0.823. The number of hydrogen-bond donors (Lipinski definition) is 0. The molecule has 17 heavy (non-hydrogen) atoms. The zero-order valence-electron chi connectivity index (χ0n) is 11.0. The second-order valence-electron chi connectivity index (χ2n) is 4.94. The first-order valence-electron chi connectivity index (χ1n) is 6.11. The summed E-state index contributed by atoms with van der Waals surface area (Å²) < 4.78 is 0. The molecule has 0 aliphatic heterocycles. The Morgan fingerprint density at radius 1 is 1.00 bits per heavy atom. The molecule has 0 atom stereocenters. The van der Waals surface area contributed by atoms with Crippen LogP contribution in [-0.4, -0.2) is 4.98 Å². The number of rotatable bonds is 2. The Bertz CT molecular complexity index is 510. The minimum absolute atomic E-state index is 0.489. The first-order valence-corrected chi connectivity index (χ1v) is 6.11. The molecule has 0 unspecified atom stereocenters. The molecule has 1 aromatic carbocycles. The van der Waals surface area contributed by atoms with Gasteiger partial charge in [0.2, 0.25) is 0 Å². The summed E-state index contributed by atoms with van der Waals surface area (Å²) in [5.74, 6) is 0.489. The highest BCUT2D eigenvalue weighted by Gasteiger charge is 2.04. The Kier molecular flexibility index (Phi) is 3.28. The predicted molar refractivity (Wildman–Crippen MR) is 73.2 cm³/mol. The molecular weight excluding hydrogens is 206 g/mol. The van der Waals surface area contributed by atoms with Gasteiger partial charge in [-0.3, -0.25) is 4.98 Å². The zero-order chi connectivity index (χ0) is 12.4. The molecule has 0 saturated heterocycles. The van der Waals surface area contributed by atoms with Crippen LogP contribution in [-0.2, 0) is 0 Å². The van der Waals surface area contributed by atoms with Crippen LogP contribution >= 0.6 is 0 Å². The van der Waals surface area contributed by atoms with E-state index in [-0.39, 0.29) is 0 Å². The molecule has 1 heteroatoms. The monoisotopic (exact) mass is 225 g/mol. The molecule has 0 aliphatic rings. The van der Waals surface area contributed by atoms with Crippen LogP contribution < -0.4 is 0 Å². The highest BCUT2D eigenvalue weighted by Crippen LogP contribution is 2.24. The van der Waals surface area contributed by atoms with Gasteiger partial charge in [-0.2, -0.15) is 0 Å². The van der Waals surface area contributed by atoms with Crippen LogP contribution in [0.4, 0.5) is 0 Å². The summed E-state index contributed by atoms with van der Waals surface area (Å²) in [5.41, 5.74) is 6.24. The average Bonchev–Trinajstić information content (AvgIpc) is 2.29. The van der Waals surface area contributed by atoms with E-state index >= 15 is 0 Å². The molecule has 88 valence electrons. The molecule has 0 fully saturated rings. The molecule has 0 spiro atoms. The van der Waals surface area contributed by atoms with Gasteiger partial charge in [-0.05, 0) is 37.0 Å². The van der Waals surface area contributed by atoms with Crippen molar-refractivity contribution in [3.05, 3.63) is 53.3 Å². The number of aromatic nitrogens is 1. The molecule has 1 nitrogen and oxygen atoms in total. The third-order valence-electron chi connectivity index (χ3n) is 3.07. The van der Waals surface area contributed by atoms with E-state index in [2.05, 4.69) is 63.0 Å². The Labute approximate surface area is 104 Å². The summed E-state index contributed by atoms with van der Waals surface area (Å²) >= 11 is 0. The molecule has 1 heterocycles. The Balaban J connectivity index is 2.40. The lowest BCUT2D eigenvalue weighted by Crippen LogP contribution is -1.92. The van der Waals surface area contributed by atoms with Crippen LogP contribution in [0.15, 0.2) is 36.5 Å². The molecule has 0 radical (unpaired) electrons.